The van der Waals surface area contributed by atoms with Crippen molar-refractivity contribution in [3.8, 4) is 0 Å². The van der Waals surface area contributed by atoms with Gasteiger partial charge in [0.15, 0.2) is 0 Å². The molecule has 0 saturated carbocycles. The van der Waals surface area contributed by atoms with Gasteiger partial charge in [-0.25, -0.2) is 4.98 Å². The van der Waals surface area contributed by atoms with Crippen molar-refractivity contribution in [3.63, 3.8) is 0 Å². The molecule has 0 radical (unpaired) electrons. The number of hydrogen-bond donors (Lipinski definition) is 1. The molecular weight excluding hydrogens is 318 g/mol. The van der Waals surface area contributed by atoms with Crippen LogP contribution >= 0.6 is 15.9 Å². The van der Waals surface area contributed by atoms with Crippen LogP contribution in [-0.2, 0) is 0 Å². The summed E-state index contributed by atoms with van der Waals surface area (Å²) >= 11 is 3.60. The van der Waals surface area contributed by atoms with Crippen molar-refractivity contribution in [2.75, 3.05) is 36.9 Å². The summed E-state index contributed by atoms with van der Waals surface area (Å²) in [5.74, 6) is 1.70. The van der Waals surface area contributed by atoms with E-state index >= 15 is 0 Å². The van der Waals surface area contributed by atoms with E-state index in [1.54, 1.807) is 0 Å². The SMILES string of the molecule is CNc1ncc(Br)c(N2CC3CCCCN3CC2C)n1. The molecule has 2 fully saturated rings. The van der Waals surface area contributed by atoms with Crippen molar-refractivity contribution in [2.24, 2.45) is 0 Å². The second kappa shape index (κ2) is 5.85. The molecule has 3 rings (SSSR count). The van der Waals surface area contributed by atoms with E-state index < -0.39 is 0 Å². The predicted octanol–water partition coefficient (Wildman–Crippen LogP) is 2.34. The lowest BCUT2D eigenvalue weighted by Crippen LogP contribution is -2.59. The lowest BCUT2D eigenvalue weighted by molar-refractivity contribution is 0.115. The zero-order valence-electron chi connectivity index (χ0n) is 12.1. The molecule has 2 atom stereocenters. The molecule has 2 saturated heterocycles. The van der Waals surface area contributed by atoms with Gasteiger partial charge in [0.05, 0.1) is 4.47 Å². The van der Waals surface area contributed by atoms with Gasteiger partial charge in [-0.1, -0.05) is 6.42 Å². The minimum absolute atomic E-state index is 0.486. The zero-order valence-corrected chi connectivity index (χ0v) is 13.7. The van der Waals surface area contributed by atoms with Crippen molar-refractivity contribution in [1.82, 2.24) is 14.9 Å². The largest absolute Gasteiger partial charge is 0.357 e. The number of nitrogens with one attached hydrogen (secondary N) is 1. The van der Waals surface area contributed by atoms with E-state index in [4.69, 9.17) is 0 Å². The first-order valence-electron chi connectivity index (χ1n) is 7.40. The molecule has 2 aliphatic rings. The molecule has 20 heavy (non-hydrogen) atoms. The van der Waals surface area contributed by atoms with Crippen LogP contribution in [0.1, 0.15) is 26.2 Å². The van der Waals surface area contributed by atoms with Crippen LogP contribution in [-0.4, -0.2) is 53.6 Å². The number of nitrogens with zero attached hydrogens (tertiary/aromatic N) is 4. The Morgan fingerprint density at radius 3 is 3.00 bits per heavy atom. The predicted molar refractivity (Wildman–Crippen MR) is 85.3 cm³/mol. The summed E-state index contributed by atoms with van der Waals surface area (Å²) in [6.45, 7) is 5.75. The Balaban J connectivity index is 1.85. The Bertz CT molecular complexity index is 481. The van der Waals surface area contributed by atoms with Crippen LogP contribution in [0.3, 0.4) is 0 Å². The highest BCUT2D eigenvalue weighted by molar-refractivity contribution is 9.10. The summed E-state index contributed by atoms with van der Waals surface area (Å²) in [7, 11) is 1.86. The summed E-state index contributed by atoms with van der Waals surface area (Å²) < 4.78 is 0.979. The number of anilines is 2. The minimum Gasteiger partial charge on any atom is -0.357 e. The fourth-order valence-corrected chi connectivity index (χ4v) is 3.75. The summed E-state index contributed by atoms with van der Waals surface area (Å²) in [6, 6.07) is 1.17. The second-order valence-corrected chi connectivity index (χ2v) is 6.62. The smallest absolute Gasteiger partial charge is 0.224 e. The third-order valence-electron chi connectivity index (χ3n) is 4.41. The average Bonchev–Trinajstić information content (AvgIpc) is 2.47. The van der Waals surface area contributed by atoms with Gasteiger partial charge >= 0.3 is 0 Å². The Hall–Kier alpha value is -0.880. The molecule has 0 aliphatic carbocycles. The lowest BCUT2D eigenvalue weighted by atomic mass is 9.97. The van der Waals surface area contributed by atoms with E-state index in [0.29, 0.717) is 18.0 Å². The fourth-order valence-electron chi connectivity index (χ4n) is 3.33. The highest BCUT2D eigenvalue weighted by Crippen LogP contribution is 2.31. The molecule has 1 aromatic heterocycles. The lowest BCUT2D eigenvalue weighted by Gasteiger charge is -2.48. The first-order valence-corrected chi connectivity index (χ1v) is 8.19. The topological polar surface area (TPSA) is 44.3 Å². The van der Waals surface area contributed by atoms with Gasteiger partial charge in [-0.2, -0.15) is 4.98 Å². The fraction of sp³-hybridized carbons (Fsp3) is 0.714. The van der Waals surface area contributed by atoms with Crippen LogP contribution in [0.15, 0.2) is 10.7 Å². The van der Waals surface area contributed by atoms with Gasteiger partial charge in [0.25, 0.3) is 0 Å². The molecule has 0 spiro atoms. The summed E-state index contributed by atoms with van der Waals surface area (Å²) in [6.07, 6.45) is 5.86. The monoisotopic (exact) mass is 339 g/mol. The van der Waals surface area contributed by atoms with Crippen LogP contribution in [0.2, 0.25) is 0 Å². The maximum Gasteiger partial charge on any atom is 0.224 e. The van der Waals surface area contributed by atoms with Crippen molar-refractivity contribution in [3.05, 3.63) is 10.7 Å². The molecule has 110 valence electrons. The van der Waals surface area contributed by atoms with Gasteiger partial charge in [0, 0.05) is 38.4 Å². The molecule has 2 unspecified atom stereocenters. The first kappa shape index (κ1) is 14.1. The second-order valence-electron chi connectivity index (χ2n) is 5.76. The maximum atomic E-state index is 4.64. The van der Waals surface area contributed by atoms with Crippen molar-refractivity contribution < 1.29 is 0 Å². The molecule has 0 amide bonds. The Morgan fingerprint density at radius 2 is 2.20 bits per heavy atom. The molecule has 3 heterocycles. The number of fused-ring (bicyclic) bond motifs is 1. The molecule has 0 aromatic carbocycles. The number of piperidine rings is 1. The van der Waals surface area contributed by atoms with Crippen molar-refractivity contribution >= 4 is 27.7 Å². The first-order chi connectivity index (χ1) is 9.69. The number of rotatable bonds is 2. The van der Waals surface area contributed by atoms with Crippen molar-refractivity contribution in [1.29, 1.82) is 0 Å². The van der Waals surface area contributed by atoms with E-state index in [1.165, 1.54) is 25.8 Å². The molecular formula is C14H22BrN5. The van der Waals surface area contributed by atoms with Crippen LogP contribution < -0.4 is 10.2 Å². The molecule has 6 heteroatoms. The Morgan fingerprint density at radius 1 is 1.35 bits per heavy atom. The molecule has 1 aromatic rings. The van der Waals surface area contributed by atoms with Gasteiger partial charge < -0.3 is 10.2 Å². The minimum atomic E-state index is 0.486. The normalized spacial score (nSPS) is 27.2. The molecule has 1 N–H and O–H groups in total. The standard InChI is InChI=1S/C14H22BrN5/c1-10-8-19-6-4-3-5-11(19)9-20(10)13-12(15)7-17-14(16-2)18-13/h7,10-11H,3-6,8-9H2,1-2H3,(H,16,17,18). The zero-order chi connectivity index (χ0) is 14.1. The third-order valence-corrected chi connectivity index (χ3v) is 4.97. The number of piperazine rings is 1. The van der Waals surface area contributed by atoms with E-state index in [0.717, 1.165) is 23.4 Å². The third kappa shape index (κ3) is 2.63. The quantitative estimate of drug-likeness (QED) is 0.895. The van der Waals surface area contributed by atoms with Gasteiger partial charge in [0.2, 0.25) is 5.95 Å². The highest BCUT2D eigenvalue weighted by Gasteiger charge is 2.34. The van der Waals surface area contributed by atoms with Gasteiger partial charge in [-0.3, -0.25) is 4.90 Å². The number of aromatic nitrogens is 2. The summed E-state index contributed by atoms with van der Waals surface area (Å²) in [5.41, 5.74) is 0. The van der Waals surface area contributed by atoms with Crippen LogP contribution in [0.4, 0.5) is 11.8 Å². The number of hydrogen-bond acceptors (Lipinski definition) is 5. The summed E-state index contributed by atoms with van der Waals surface area (Å²) in [5, 5.41) is 3.02. The van der Waals surface area contributed by atoms with Crippen molar-refractivity contribution in [2.45, 2.75) is 38.3 Å². The Labute approximate surface area is 128 Å². The highest BCUT2D eigenvalue weighted by atomic mass is 79.9. The van der Waals surface area contributed by atoms with Gasteiger partial charge in [-0.15, -0.1) is 0 Å². The van der Waals surface area contributed by atoms with Crippen LogP contribution in [0.25, 0.3) is 0 Å². The molecule has 2 aliphatic heterocycles. The van der Waals surface area contributed by atoms with E-state index in [9.17, 15) is 0 Å². The van der Waals surface area contributed by atoms with Crippen LogP contribution in [0, 0.1) is 0 Å². The van der Waals surface area contributed by atoms with E-state index in [2.05, 4.69) is 47.9 Å². The summed E-state index contributed by atoms with van der Waals surface area (Å²) in [4.78, 5) is 14.0. The van der Waals surface area contributed by atoms with E-state index in [1.807, 2.05) is 13.2 Å². The van der Waals surface area contributed by atoms with Gasteiger partial charge in [0.1, 0.15) is 5.82 Å². The van der Waals surface area contributed by atoms with E-state index in [-0.39, 0.29) is 0 Å². The molecule has 0 bridgehead atoms. The average molecular weight is 340 g/mol. The Kier molecular flexibility index (Phi) is 4.12. The maximum absolute atomic E-state index is 4.64. The molecule has 5 nitrogen and oxygen atoms in total. The number of halogens is 1. The van der Waals surface area contributed by atoms with Crippen LogP contribution in [0.5, 0.6) is 0 Å². The van der Waals surface area contributed by atoms with Gasteiger partial charge in [-0.05, 0) is 42.2 Å².